The molecule has 14 heavy (non-hydrogen) atoms. The van der Waals surface area contributed by atoms with Crippen LogP contribution in [0, 0.1) is 18.3 Å². The highest BCUT2D eigenvalue weighted by atomic mass is 16.3. The average Bonchev–Trinajstić information content (AvgIpc) is 2.26. The van der Waals surface area contributed by atoms with Gasteiger partial charge in [-0.05, 0) is 18.8 Å². The minimum atomic E-state index is 0.126. The van der Waals surface area contributed by atoms with Crippen molar-refractivity contribution in [3.05, 3.63) is 0 Å². The molecule has 0 spiro atoms. The maximum atomic E-state index is 11.6. The fourth-order valence-corrected chi connectivity index (χ4v) is 1.78. The van der Waals surface area contributed by atoms with E-state index in [2.05, 4.69) is 5.92 Å². The van der Waals surface area contributed by atoms with Gasteiger partial charge in [0, 0.05) is 32.5 Å². The van der Waals surface area contributed by atoms with Crippen LogP contribution in [0.1, 0.15) is 25.7 Å². The van der Waals surface area contributed by atoms with Crippen LogP contribution in [-0.2, 0) is 4.79 Å². The third kappa shape index (κ3) is 3.04. The molecule has 1 aliphatic heterocycles. The van der Waals surface area contributed by atoms with Crippen LogP contribution in [0.15, 0.2) is 0 Å². The number of likely N-dealkylation sites (tertiary alicyclic amines) is 1. The molecule has 1 aliphatic rings. The summed E-state index contributed by atoms with van der Waals surface area (Å²) in [5, 5.41) is 9.00. The van der Waals surface area contributed by atoms with Gasteiger partial charge in [0.05, 0.1) is 0 Å². The van der Waals surface area contributed by atoms with Gasteiger partial charge in [-0.15, -0.1) is 12.3 Å². The molecule has 1 saturated heterocycles. The number of hydrogen-bond acceptors (Lipinski definition) is 2. The van der Waals surface area contributed by atoms with Gasteiger partial charge in [0.15, 0.2) is 0 Å². The Morgan fingerprint density at radius 3 is 3.07 bits per heavy atom. The molecular formula is C11H17NO2. The predicted octanol–water partition coefficient (Wildman–Crippen LogP) is 0.631. The predicted molar refractivity (Wildman–Crippen MR) is 54.5 cm³/mol. The van der Waals surface area contributed by atoms with Gasteiger partial charge in [-0.25, -0.2) is 0 Å². The number of carbonyl (C=O) groups is 1. The van der Waals surface area contributed by atoms with Crippen molar-refractivity contribution >= 4 is 5.91 Å². The summed E-state index contributed by atoms with van der Waals surface area (Å²) in [6, 6.07) is 0. The Bertz CT molecular complexity index is 232. The van der Waals surface area contributed by atoms with Crippen LogP contribution in [0.5, 0.6) is 0 Å². The lowest BCUT2D eigenvalue weighted by Gasteiger charge is -2.31. The molecule has 1 atom stereocenters. The Morgan fingerprint density at radius 1 is 1.64 bits per heavy atom. The number of carbonyl (C=O) groups excluding carboxylic acids is 1. The minimum Gasteiger partial charge on any atom is -0.396 e. The number of aliphatic hydroxyl groups excluding tert-OH is 1. The van der Waals surface area contributed by atoms with Gasteiger partial charge in [-0.2, -0.15) is 0 Å². The smallest absolute Gasteiger partial charge is 0.223 e. The maximum Gasteiger partial charge on any atom is 0.223 e. The van der Waals surface area contributed by atoms with Crippen LogP contribution in [0.4, 0.5) is 0 Å². The van der Waals surface area contributed by atoms with E-state index in [0.29, 0.717) is 19.4 Å². The fourth-order valence-electron chi connectivity index (χ4n) is 1.78. The Balaban J connectivity index is 2.36. The van der Waals surface area contributed by atoms with E-state index in [0.717, 1.165) is 19.4 Å². The zero-order valence-electron chi connectivity index (χ0n) is 8.41. The molecular weight excluding hydrogens is 178 g/mol. The monoisotopic (exact) mass is 195 g/mol. The first kappa shape index (κ1) is 11.1. The molecule has 78 valence electrons. The summed E-state index contributed by atoms with van der Waals surface area (Å²) in [4.78, 5) is 13.4. The highest BCUT2D eigenvalue weighted by Gasteiger charge is 2.22. The highest BCUT2D eigenvalue weighted by Crippen LogP contribution is 2.16. The summed E-state index contributed by atoms with van der Waals surface area (Å²) in [6.45, 7) is 1.69. The Labute approximate surface area is 85.1 Å². The fraction of sp³-hybridized carbons (Fsp3) is 0.727. The van der Waals surface area contributed by atoms with Gasteiger partial charge < -0.3 is 10.0 Å². The largest absolute Gasteiger partial charge is 0.396 e. The van der Waals surface area contributed by atoms with Crippen molar-refractivity contribution in [3.8, 4) is 12.3 Å². The number of rotatable bonds is 3. The third-order valence-corrected chi connectivity index (χ3v) is 2.61. The van der Waals surface area contributed by atoms with E-state index >= 15 is 0 Å². The summed E-state index contributed by atoms with van der Waals surface area (Å²) in [7, 11) is 0. The Hall–Kier alpha value is -1.01. The van der Waals surface area contributed by atoms with Gasteiger partial charge in [0.2, 0.25) is 5.91 Å². The molecule has 0 aromatic carbocycles. The lowest BCUT2D eigenvalue weighted by Crippen LogP contribution is -2.40. The SMILES string of the molecule is C#CCCC(=O)N1CCCC(CO)C1. The van der Waals surface area contributed by atoms with E-state index < -0.39 is 0 Å². The summed E-state index contributed by atoms with van der Waals surface area (Å²) < 4.78 is 0. The molecule has 0 saturated carbocycles. The molecule has 1 rings (SSSR count). The van der Waals surface area contributed by atoms with E-state index in [4.69, 9.17) is 11.5 Å². The molecule has 0 radical (unpaired) electrons. The summed E-state index contributed by atoms with van der Waals surface area (Å²) in [5.41, 5.74) is 0. The molecule has 1 unspecified atom stereocenters. The van der Waals surface area contributed by atoms with Crippen molar-refractivity contribution in [2.24, 2.45) is 5.92 Å². The molecule has 1 amide bonds. The second kappa shape index (κ2) is 5.66. The summed E-state index contributed by atoms with van der Waals surface area (Å²) in [5.74, 6) is 2.85. The van der Waals surface area contributed by atoms with Crippen molar-refractivity contribution < 1.29 is 9.90 Å². The maximum absolute atomic E-state index is 11.6. The van der Waals surface area contributed by atoms with E-state index in [1.54, 1.807) is 0 Å². The van der Waals surface area contributed by atoms with Crippen molar-refractivity contribution in [2.75, 3.05) is 19.7 Å². The molecule has 0 bridgehead atoms. The minimum absolute atomic E-state index is 0.126. The molecule has 1 N–H and O–H groups in total. The molecule has 1 fully saturated rings. The highest BCUT2D eigenvalue weighted by molar-refractivity contribution is 5.76. The first-order valence-electron chi connectivity index (χ1n) is 5.10. The average molecular weight is 195 g/mol. The van der Waals surface area contributed by atoms with Gasteiger partial charge in [0.25, 0.3) is 0 Å². The van der Waals surface area contributed by atoms with Crippen LogP contribution in [-0.4, -0.2) is 35.6 Å². The van der Waals surface area contributed by atoms with Gasteiger partial charge in [-0.3, -0.25) is 4.79 Å². The van der Waals surface area contributed by atoms with E-state index in [-0.39, 0.29) is 18.4 Å². The van der Waals surface area contributed by atoms with Crippen LogP contribution < -0.4 is 0 Å². The van der Waals surface area contributed by atoms with Crippen molar-refractivity contribution in [2.45, 2.75) is 25.7 Å². The quantitative estimate of drug-likeness (QED) is 0.671. The standard InChI is InChI=1S/C11H17NO2/c1-2-3-6-11(14)12-7-4-5-10(8-12)9-13/h1,10,13H,3-9H2. The van der Waals surface area contributed by atoms with Gasteiger partial charge in [0.1, 0.15) is 0 Å². The van der Waals surface area contributed by atoms with Crippen molar-refractivity contribution in [1.29, 1.82) is 0 Å². The van der Waals surface area contributed by atoms with E-state index in [1.165, 1.54) is 0 Å². The van der Waals surface area contributed by atoms with Crippen LogP contribution in [0.25, 0.3) is 0 Å². The summed E-state index contributed by atoms with van der Waals surface area (Å²) >= 11 is 0. The molecule has 0 aromatic heterocycles. The lowest BCUT2D eigenvalue weighted by atomic mass is 9.99. The van der Waals surface area contributed by atoms with Crippen LogP contribution in [0.3, 0.4) is 0 Å². The second-order valence-corrected chi connectivity index (χ2v) is 3.73. The Morgan fingerprint density at radius 2 is 2.43 bits per heavy atom. The van der Waals surface area contributed by atoms with Gasteiger partial charge in [-0.1, -0.05) is 0 Å². The first-order chi connectivity index (χ1) is 6.77. The zero-order valence-corrected chi connectivity index (χ0v) is 8.41. The van der Waals surface area contributed by atoms with Crippen molar-refractivity contribution in [1.82, 2.24) is 4.90 Å². The number of terminal acetylenes is 1. The number of aliphatic hydroxyl groups is 1. The molecule has 0 aliphatic carbocycles. The number of piperidine rings is 1. The Kier molecular flexibility index (Phi) is 4.48. The van der Waals surface area contributed by atoms with E-state index in [9.17, 15) is 4.79 Å². The lowest BCUT2D eigenvalue weighted by molar-refractivity contribution is -0.133. The second-order valence-electron chi connectivity index (χ2n) is 3.73. The number of nitrogens with zero attached hydrogens (tertiary/aromatic N) is 1. The normalized spacial score (nSPS) is 21.7. The van der Waals surface area contributed by atoms with Crippen molar-refractivity contribution in [3.63, 3.8) is 0 Å². The summed E-state index contributed by atoms with van der Waals surface area (Å²) in [6.07, 6.45) is 8.07. The van der Waals surface area contributed by atoms with Gasteiger partial charge >= 0.3 is 0 Å². The molecule has 3 heteroatoms. The molecule has 3 nitrogen and oxygen atoms in total. The zero-order chi connectivity index (χ0) is 10.4. The van der Waals surface area contributed by atoms with E-state index in [1.807, 2.05) is 4.90 Å². The molecule has 1 heterocycles. The third-order valence-electron chi connectivity index (χ3n) is 2.61. The number of amides is 1. The molecule has 0 aromatic rings. The van der Waals surface area contributed by atoms with Crippen LogP contribution in [0.2, 0.25) is 0 Å². The first-order valence-corrected chi connectivity index (χ1v) is 5.10. The number of hydrogen-bond donors (Lipinski definition) is 1. The van der Waals surface area contributed by atoms with Crippen LogP contribution >= 0.6 is 0 Å². The topological polar surface area (TPSA) is 40.5 Å².